The number of rotatable bonds is 4. The molecule has 0 saturated heterocycles. The van der Waals surface area contributed by atoms with Gasteiger partial charge < -0.3 is 5.11 Å². The zero-order chi connectivity index (χ0) is 8.97. The minimum atomic E-state index is -0.832. The first kappa shape index (κ1) is 9.88. The lowest BCUT2D eigenvalue weighted by atomic mass is 10.3. The second kappa shape index (κ2) is 4.74. The van der Waals surface area contributed by atoms with Crippen LogP contribution in [0.5, 0.6) is 0 Å². The summed E-state index contributed by atoms with van der Waals surface area (Å²) in [5.74, 6) is -0.832. The first-order valence-corrected chi connectivity index (χ1v) is 6.53. The molecule has 3 nitrogen and oxygen atoms in total. The summed E-state index contributed by atoms with van der Waals surface area (Å²) in [6.45, 7) is 0. The molecule has 0 fully saturated rings. The van der Waals surface area contributed by atoms with Crippen LogP contribution in [0.3, 0.4) is 0 Å². The number of carboxylic acids is 1. The molecule has 1 aromatic rings. The largest absolute Gasteiger partial charge is 0.481 e. The van der Waals surface area contributed by atoms with Crippen molar-refractivity contribution in [3.05, 3.63) is 11.1 Å². The van der Waals surface area contributed by atoms with Gasteiger partial charge in [0.05, 0.1) is 12.1 Å². The number of nitrogens with zero attached hydrogens (tertiary/aromatic N) is 1. The van der Waals surface area contributed by atoms with Crippen LogP contribution in [0.25, 0.3) is 0 Å². The van der Waals surface area contributed by atoms with E-state index in [1.165, 1.54) is 11.3 Å². The van der Waals surface area contributed by atoms with Gasteiger partial charge in [-0.15, -0.1) is 11.3 Å². The van der Waals surface area contributed by atoms with Crippen LogP contribution in [0.2, 0.25) is 0 Å². The Morgan fingerprint density at radius 1 is 1.83 bits per heavy atom. The molecule has 0 radical (unpaired) electrons. The van der Waals surface area contributed by atoms with Crippen molar-refractivity contribution in [2.75, 3.05) is 6.26 Å². The van der Waals surface area contributed by atoms with E-state index in [2.05, 4.69) is 4.98 Å². The van der Waals surface area contributed by atoms with Crippen molar-refractivity contribution in [1.29, 1.82) is 0 Å². The molecule has 0 spiro atoms. The van der Waals surface area contributed by atoms with Gasteiger partial charge in [-0.05, 0) is 17.0 Å². The molecular formula is C6H7NO2S3. The molecule has 6 heteroatoms. The van der Waals surface area contributed by atoms with Crippen LogP contribution in [0.4, 0.5) is 0 Å². The van der Waals surface area contributed by atoms with Crippen LogP contribution >= 0.6 is 32.9 Å². The summed E-state index contributed by atoms with van der Waals surface area (Å²) in [5, 5.41) is 10.2. The highest BCUT2D eigenvalue weighted by Gasteiger charge is 2.05. The lowest BCUT2D eigenvalue weighted by molar-refractivity contribution is -0.136. The van der Waals surface area contributed by atoms with E-state index in [0.717, 1.165) is 4.34 Å². The Kier molecular flexibility index (Phi) is 3.90. The average molecular weight is 221 g/mol. The average Bonchev–Trinajstić information content (AvgIpc) is 2.36. The standard InChI is InChI=1S/C6H7NO2S3/c1-10-12-6-7-4(3-11-6)2-5(8)9/h3H,2H2,1H3,(H,8,9). The Morgan fingerprint density at radius 2 is 2.58 bits per heavy atom. The molecule has 0 aliphatic carbocycles. The lowest BCUT2D eigenvalue weighted by Crippen LogP contribution is -1.99. The van der Waals surface area contributed by atoms with E-state index in [1.807, 2.05) is 6.26 Å². The van der Waals surface area contributed by atoms with Crippen LogP contribution in [-0.4, -0.2) is 22.3 Å². The van der Waals surface area contributed by atoms with Crippen molar-refractivity contribution < 1.29 is 9.90 Å². The number of carbonyl (C=O) groups is 1. The third-order valence-electron chi connectivity index (χ3n) is 1.02. The van der Waals surface area contributed by atoms with E-state index >= 15 is 0 Å². The summed E-state index contributed by atoms with van der Waals surface area (Å²) in [7, 11) is 3.16. The summed E-state index contributed by atoms with van der Waals surface area (Å²) in [4.78, 5) is 14.4. The van der Waals surface area contributed by atoms with E-state index in [9.17, 15) is 4.79 Å². The van der Waals surface area contributed by atoms with Gasteiger partial charge in [-0.2, -0.15) is 0 Å². The molecule has 12 heavy (non-hydrogen) atoms. The van der Waals surface area contributed by atoms with Gasteiger partial charge in [-0.25, -0.2) is 4.98 Å². The summed E-state index contributed by atoms with van der Waals surface area (Å²) < 4.78 is 0.916. The van der Waals surface area contributed by atoms with Crippen LogP contribution in [0, 0.1) is 0 Å². The van der Waals surface area contributed by atoms with Crippen LogP contribution in [0.1, 0.15) is 5.69 Å². The van der Waals surface area contributed by atoms with E-state index in [1.54, 1.807) is 27.0 Å². The number of aromatic nitrogens is 1. The van der Waals surface area contributed by atoms with Crippen molar-refractivity contribution >= 4 is 38.9 Å². The second-order valence-electron chi connectivity index (χ2n) is 1.93. The van der Waals surface area contributed by atoms with Crippen molar-refractivity contribution in [2.45, 2.75) is 10.8 Å². The Morgan fingerprint density at radius 3 is 3.17 bits per heavy atom. The van der Waals surface area contributed by atoms with Crippen LogP contribution in [0.15, 0.2) is 9.72 Å². The Hall–Kier alpha value is -0.200. The summed E-state index contributed by atoms with van der Waals surface area (Å²) >= 11 is 1.48. The molecule has 0 aromatic carbocycles. The fourth-order valence-electron chi connectivity index (χ4n) is 0.634. The SMILES string of the molecule is CSSc1nc(CC(=O)O)cs1. The number of aliphatic carboxylic acids is 1. The molecule has 1 rings (SSSR count). The summed E-state index contributed by atoms with van der Waals surface area (Å²) in [6, 6.07) is 0. The van der Waals surface area contributed by atoms with Gasteiger partial charge in [0.15, 0.2) is 4.34 Å². The monoisotopic (exact) mass is 221 g/mol. The Labute approximate surface area is 82.0 Å². The number of hydrogen-bond acceptors (Lipinski definition) is 5. The maximum absolute atomic E-state index is 10.3. The van der Waals surface area contributed by atoms with Crippen molar-refractivity contribution in [3.8, 4) is 0 Å². The first-order chi connectivity index (χ1) is 5.72. The van der Waals surface area contributed by atoms with E-state index in [0.29, 0.717) is 5.69 Å². The van der Waals surface area contributed by atoms with Gasteiger partial charge in [0, 0.05) is 5.38 Å². The lowest BCUT2D eigenvalue weighted by Gasteiger charge is -1.88. The Bertz CT molecular complexity index is 274. The first-order valence-electron chi connectivity index (χ1n) is 3.09. The minimum absolute atomic E-state index is 0.0193. The maximum atomic E-state index is 10.3. The Balaban J connectivity index is 2.58. The van der Waals surface area contributed by atoms with Crippen molar-refractivity contribution in [1.82, 2.24) is 4.98 Å². The van der Waals surface area contributed by atoms with E-state index < -0.39 is 5.97 Å². The quantitative estimate of drug-likeness (QED) is 0.789. The molecule has 0 aliphatic heterocycles. The summed E-state index contributed by atoms with van der Waals surface area (Å²) in [6.07, 6.45) is 1.98. The normalized spacial score (nSPS) is 10.1. The van der Waals surface area contributed by atoms with Gasteiger partial charge in [0.2, 0.25) is 0 Å². The van der Waals surface area contributed by atoms with E-state index in [4.69, 9.17) is 5.11 Å². The topological polar surface area (TPSA) is 50.2 Å². The molecular weight excluding hydrogens is 214 g/mol. The fourth-order valence-corrected chi connectivity index (χ4v) is 3.28. The van der Waals surface area contributed by atoms with Gasteiger partial charge in [0.25, 0.3) is 0 Å². The maximum Gasteiger partial charge on any atom is 0.309 e. The molecule has 1 aromatic heterocycles. The highest BCUT2D eigenvalue weighted by molar-refractivity contribution is 8.76. The molecule has 0 aliphatic rings. The minimum Gasteiger partial charge on any atom is -0.481 e. The van der Waals surface area contributed by atoms with Crippen molar-refractivity contribution in [3.63, 3.8) is 0 Å². The zero-order valence-corrected chi connectivity index (χ0v) is 8.76. The predicted octanol–water partition coefficient (Wildman–Crippen LogP) is 2.14. The molecule has 1 heterocycles. The van der Waals surface area contributed by atoms with Gasteiger partial charge >= 0.3 is 5.97 Å². The number of carboxylic acid groups (broad SMARTS) is 1. The molecule has 0 atom stereocenters. The van der Waals surface area contributed by atoms with Gasteiger partial charge in [-0.3, -0.25) is 4.79 Å². The van der Waals surface area contributed by atoms with Crippen LogP contribution < -0.4 is 0 Å². The molecule has 66 valence electrons. The van der Waals surface area contributed by atoms with Crippen LogP contribution in [-0.2, 0) is 11.2 Å². The highest BCUT2D eigenvalue weighted by atomic mass is 33.1. The molecule has 0 unspecified atom stereocenters. The second-order valence-corrected chi connectivity index (χ2v) is 5.43. The summed E-state index contributed by atoms with van der Waals surface area (Å²) in [5.41, 5.74) is 0.643. The third-order valence-corrected chi connectivity index (χ3v) is 3.93. The predicted molar refractivity (Wildman–Crippen MR) is 52.8 cm³/mol. The van der Waals surface area contributed by atoms with Gasteiger partial charge in [0.1, 0.15) is 0 Å². The van der Waals surface area contributed by atoms with E-state index in [-0.39, 0.29) is 6.42 Å². The third kappa shape index (κ3) is 3.04. The molecule has 0 saturated carbocycles. The number of thiazole rings is 1. The zero-order valence-electron chi connectivity index (χ0n) is 6.31. The molecule has 0 bridgehead atoms. The molecule has 0 amide bonds. The molecule has 1 N–H and O–H groups in total. The number of hydrogen-bond donors (Lipinski definition) is 1. The smallest absolute Gasteiger partial charge is 0.309 e. The fraction of sp³-hybridized carbons (Fsp3) is 0.333. The van der Waals surface area contributed by atoms with Crippen molar-refractivity contribution in [2.24, 2.45) is 0 Å². The van der Waals surface area contributed by atoms with Gasteiger partial charge in [-0.1, -0.05) is 10.8 Å². The highest BCUT2D eigenvalue weighted by Crippen LogP contribution is 2.30.